The van der Waals surface area contributed by atoms with Crippen LogP contribution in [-0.2, 0) is 9.53 Å². The summed E-state index contributed by atoms with van der Waals surface area (Å²) in [7, 11) is 0. The molecule has 20 heavy (non-hydrogen) atoms. The van der Waals surface area contributed by atoms with Gasteiger partial charge in [-0.05, 0) is 29.7 Å². The molecule has 0 radical (unpaired) electrons. The fourth-order valence-corrected chi connectivity index (χ4v) is 2.04. The molecule has 0 saturated heterocycles. The van der Waals surface area contributed by atoms with Gasteiger partial charge >= 0.3 is 5.97 Å². The number of carbonyl (C=O) groups excluding carboxylic acids is 1. The van der Waals surface area contributed by atoms with Gasteiger partial charge in [-0.15, -0.1) is 0 Å². The molecule has 0 spiro atoms. The van der Waals surface area contributed by atoms with Crippen molar-refractivity contribution in [1.82, 2.24) is 0 Å². The molecular weight excluding hydrogens is 248 g/mol. The highest BCUT2D eigenvalue weighted by Gasteiger charge is 2.12. The van der Waals surface area contributed by atoms with Gasteiger partial charge < -0.3 is 4.74 Å². The van der Waals surface area contributed by atoms with E-state index in [0.29, 0.717) is 0 Å². The Morgan fingerprint density at radius 2 is 1.50 bits per heavy atom. The van der Waals surface area contributed by atoms with Gasteiger partial charge in [0.25, 0.3) is 0 Å². The van der Waals surface area contributed by atoms with E-state index < -0.39 is 0 Å². The van der Waals surface area contributed by atoms with E-state index in [1.165, 1.54) is 6.92 Å². The van der Waals surface area contributed by atoms with Gasteiger partial charge in [-0.1, -0.05) is 60.7 Å². The van der Waals surface area contributed by atoms with Crippen LogP contribution in [0, 0.1) is 0 Å². The van der Waals surface area contributed by atoms with Crippen LogP contribution < -0.4 is 0 Å². The predicted molar refractivity (Wildman–Crippen MR) is 81.0 cm³/mol. The molecule has 0 fully saturated rings. The van der Waals surface area contributed by atoms with Crippen LogP contribution in [0.5, 0.6) is 0 Å². The lowest BCUT2D eigenvalue weighted by Gasteiger charge is -2.15. The number of allylic oxidation sites excluding steroid dienone is 1. The minimum Gasteiger partial charge on any atom is -0.453 e. The normalized spacial score (nSPS) is 12.8. The van der Waals surface area contributed by atoms with Crippen molar-refractivity contribution >= 4 is 11.5 Å². The standard InChI is InChI=1S/C18H18O2/c1-14(16-9-5-3-6-10-16)13-18(20-15(2)19)17-11-7-4-8-12-17/h3-13,18H,1-2H3/b14-13-. The van der Waals surface area contributed by atoms with Gasteiger partial charge in [0.05, 0.1) is 0 Å². The minimum absolute atomic E-state index is 0.282. The van der Waals surface area contributed by atoms with Gasteiger partial charge in [-0.2, -0.15) is 0 Å². The van der Waals surface area contributed by atoms with Crippen molar-refractivity contribution in [3.8, 4) is 0 Å². The molecule has 0 saturated carbocycles. The average Bonchev–Trinajstić information content (AvgIpc) is 2.48. The Morgan fingerprint density at radius 1 is 0.950 bits per heavy atom. The van der Waals surface area contributed by atoms with E-state index in [1.807, 2.05) is 73.7 Å². The van der Waals surface area contributed by atoms with E-state index >= 15 is 0 Å². The molecule has 0 aromatic heterocycles. The lowest BCUT2D eigenvalue weighted by molar-refractivity contribution is -0.144. The van der Waals surface area contributed by atoms with Crippen LogP contribution in [-0.4, -0.2) is 5.97 Å². The second kappa shape index (κ2) is 6.71. The topological polar surface area (TPSA) is 26.3 Å². The second-order valence-corrected chi connectivity index (χ2v) is 4.66. The summed E-state index contributed by atoms with van der Waals surface area (Å²) in [5, 5.41) is 0. The molecule has 102 valence electrons. The van der Waals surface area contributed by atoms with E-state index in [9.17, 15) is 4.79 Å². The van der Waals surface area contributed by atoms with Crippen molar-refractivity contribution in [3.63, 3.8) is 0 Å². The van der Waals surface area contributed by atoms with Crippen LogP contribution in [0.1, 0.15) is 31.1 Å². The molecule has 0 aliphatic heterocycles. The van der Waals surface area contributed by atoms with Crippen LogP contribution in [0.3, 0.4) is 0 Å². The van der Waals surface area contributed by atoms with Gasteiger partial charge in [-0.25, -0.2) is 0 Å². The summed E-state index contributed by atoms with van der Waals surface area (Å²) in [6, 6.07) is 19.8. The second-order valence-electron chi connectivity index (χ2n) is 4.66. The van der Waals surface area contributed by atoms with Crippen LogP contribution >= 0.6 is 0 Å². The summed E-state index contributed by atoms with van der Waals surface area (Å²) < 4.78 is 5.41. The molecule has 1 unspecified atom stereocenters. The number of hydrogen-bond acceptors (Lipinski definition) is 2. The third-order valence-corrected chi connectivity index (χ3v) is 3.05. The van der Waals surface area contributed by atoms with Crippen LogP contribution in [0.25, 0.3) is 5.57 Å². The first-order valence-corrected chi connectivity index (χ1v) is 6.63. The maximum atomic E-state index is 11.3. The van der Waals surface area contributed by atoms with Crippen LogP contribution in [0.4, 0.5) is 0 Å². The first-order chi connectivity index (χ1) is 9.66. The van der Waals surface area contributed by atoms with Gasteiger partial charge in [0, 0.05) is 6.92 Å². The molecule has 0 aliphatic rings. The number of ether oxygens (including phenoxy) is 1. The van der Waals surface area contributed by atoms with E-state index in [1.54, 1.807) is 0 Å². The fourth-order valence-electron chi connectivity index (χ4n) is 2.04. The summed E-state index contributed by atoms with van der Waals surface area (Å²) in [5.41, 5.74) is 3.18. The van der Waals surface area contributed by atoms with E-state index in [4.69, 9.17) is 4.74 Å². The zero-order chi connectivity index (χ0) is 14.4. The smallest absolute Gasteiger partial charge is 0.303 e. The number of benzene rings is 2. The highest BCUT2D eigenvalue weighted by Crippen LogP contribution is 2.24. The summed E-state index contributed by atoms with van der Waals surface area (Å²) >= 11 is 0. The monoisotopic (exact) mass is 266 g/mol. The molecule has 2 rings (SSSR count). The highest BCUT2D eigenvalue weighted by atomic mass is 16.5. The molecule has 0 heterocycles. The number of esters is 1. The molecule has 2 aromatic carbocycles. The number of carbonyl (C=O) groups is 1. The molecular formula is C18H18O2. The lowest BCUT2D eigenvalue weighted by atomic mass is 10.0. The zero-order valence-electron chi connectivity index (χ0n) is 11.7. The van der Waals surface area contributed by atoms with Gasteiger partial charge in [0.1, 0.15) is 6.10 Å². The SMILES string of the molecule is CC(=O)OC(/C=C(/C)c1ccccc1)c1ccccc1. The van der Waals surface area contributed by atoms with Gasteiger partial charge in [0.15, 0.2) is 0 Å². The summed E-state index contributed by atoms with van der Waals surface area (Å²) in [6.07, 6.45) is 1.63. The fraction of sp³-hybridized carbons (Fsp3) is 0.167. The summed E-state index contributed by atoms with van der Waals surface area (Å²) in [4.78, 5) is 11.3. The van der Waals surface area contributed by atoms with E-state index in [-0.39, 0.29) is 12.1 Å². The third kappa shape index (κ3) is 3.82. The maximum Gasteiger partial charge on any atom is 0.303 e. The Balaban J connectivity index is 2.30. The first-order valence-electron chi connectivity index (χ1n) is 6.63. The molecule has 2 heteroatoms. The molecule has 0 aliphatic carbocycles. The predicted octanol–water partition coefficient (Wildman–Crippen LogP) is 4.39. The van der Waals surface area contributed by atoms with E-state index in [2.05, 4.69) is 0 Å². The Kier molecular flexibility index (Phi) is 4.72. The van der Waals surface area contributed by atoms with Crippen LogP contribution in [0.2, 0.25) is 0 Å². The molecule has 2 nitrogen and oxygen atoms in total. The Bertz CT molecular complexity index is 585. The molecule has 0 bridgehead atoms. The van der Waals surface area contributed by atoms with Gasteiger partial charge in [0.2, 0.25) is 0 Å². The largest absolute Gasteiger partial charge is 0.453 e. The van der Waals surface area contributed by atoms with Crippen LogP contribution in [0.15, 0.2) is 66.7 Å². The van der Waals surface area contributed by atoms with Crippen molar-refractivity contribution in [2.75, 3.05) is 0 Å². The quantitative estimate of drug-likeness (QED) is 0.767. The molecule has 1 atom stereocenters. The van der Waals surface area contributed by atoms with Gasteiger partial charge in [-0.3, -0.25) is 4.79 Å². The number of hydrogen-bond donors (Lipinski definition) is 0. The minimum atomic E-state index is -0.353. The van der Waals surface area contributed by atoms with Crippen molar-refractivity contribution in [2.45, 2.75) is 20.0 Å². The van der Waals surface area contributed by atoms with Crippen molar-refractivity contribution in [3.05, 3.63) is 77.9 Å². The molecule has 2 aromatic rings. The number of rotatable bonds is 4. The first kappa shape index (κ1) is 14.1. The van der Waals surface area contributed by atoms with Crippen molar-refractivity contribution in [1.29, 1.82) is 0 Å². The maximum absolute atomic E-state index is 11.3. The summed E-state index contributed by atoms with van der Waals surface area (Å²) in [6.45, 7) is 3.45. The van der Waals surface area contributed by atoms with E-state index in [0.717, 1.165) is 16.7 Å². The summed E-state index contributed by atoms with van der Waals surface area (Å²) in [5.74, 6) is -0.282. The Labute approximate surface area is 119 Å². The lowest BCUT2D eigenvalue weighted by Crippen LogP contribution is -2.06. The zero-order valence-corrected chi connectivity index (χ0v) is 11.7. The highest BCUT2D eigenvalue weighted by molar-refractivity contribution is 5.68. The van der Waals surface area contributed by atoms with Crippen molar-refractivity contribution < 1.29 is 9.53 Å². The van der Waals surface area contributed by atoms with Crippen molar-refractivity contribution in [2.24, 2.45) is 0 Å². The third-order valence-electron chi connectivity index (χ3n) is 3.05. The average molecular weight is 266 g/mol. The molecule has 0 amide bonds. The molecule has 0 N–H and O–H groups in total. The Hall–Kier alpha value is -2.35. The Morgan fingerprint density at radius 3 is 2.05 bits per heavy atom.